The summed E-state index contributed by atoms with van der Waals surface area (Å²) in [5.41, 5.74) is 3.53. The van der Waals surface area contributed by atoms with Crippen molar-refractivity contribution < 1.29 is 21.9 Å². The molecule has 0 aliphatic heterocycles. The average molecular weight is 636 g/mol. The van der Waals surface area contributed by atoms with E-state index in [-0.39, 0.29) is 20.9 Å². The molecule has 41 heavy (non-hydrogen) atoms. The van der Waals surface area contributed by atoms with E-state index in [2.05, 4.69) is 9.44 Å². The third kappa shape index (κ3) is 6.14. The second-order valence-corrected chi connectivity index (χ2v) is 13.7. The number of halogens is 2. The van der Waals surface area contributed by atoms with Gasteiger partial charge in [0.25, 0.3) is 20.0 Å². The number of aromatic hydroxyl groups is 1. The minimum atomic E-state index is -4.36. The van der Waals surface area contributed by atoms with Crippen LogP contribution in [0.5, 0.6) is 5.75 Å². The van der Waals surface area contributed by atoms with E-state index in [4.69, 9.17) is 23.2 Å². The molecule has 0 amide bonds. The molecule has 218 valence electrons. The Balaban J connectivity index is 1.93. The summed E-state index contributed by atoms with van der Waals surface area (Å²) in [6, 6.07) is 13.6. The van der Waals surface area contributed by atoms with Gasteiger partial charge in [0.05, 0.1) is 21.2 Å². The lowest BCUT2D eigenvalue weighted by Gasteiger charge is -2.19. The second-order valence-electron chi connectivity index (χ2n) is 9.57. The highest BCUT2D eigenvalue weighted by atomic mass is 35.5. The monoisotopic (exact) mass is 634 g/mol. The first-order valence-corrected chi connectivity index (χ1v) is 17.0. The summed E-state index contributed by atoms with van der Waals surface area (Å²) in [5.74, 6) is -0.159. The fraction of sp³-hybridized carbons (Fsp3) is 0.267. The molecule has 0 aromatic heterocycles. The fourth-order valence-corrected chi connectivity index (χ4v) is 8.16. The largest absolute Gasteiger partial charge is 0.508 e. The number of rotatable bonds is 10. The maximum absolute atomic E-state index is 14.0. The summed E-state index contributed by atoms with van der Waals surface area (Å²) in [6.45, 7) is 7.56. The van der Waals surface area contributed by atoms with Crippen LogP contribution in [-0.2, 0) is 45.7 Å². The van der Waals surface area contributed by atoms with Crippen LogP contribution in [0.15, 0.2) is 64.4 Å². The summed E-state index contributed by atoms with van der Waals surface area (Å²) >= 11 is 12.8. The Kier molecular flexibility index (Phi) is 9.13. The molecule has 0 spiro atoms. The molecule has 11 heteroatoms. The van der Waals surface area contributed by atoms with E-state index < -0.39 is 20.0 Å². The highest BCUT2D eigenvalue weighted by molar-refractivity contribution is 7.93. The van der Waals surface area contributed by atoms with Crippen LogP contribution in [0, 0.1) is 0 Å². The lowest BCUT2D eigenvalue weighted by atomic mass is 10.0. The Hall–Kier alpha value is -2.98. The Bertz CT molecular complexity index is 1860. The van der Waals surface area contributed by atoms with Crippen molar-refractivity contribution >= 4 is 65.4 Å². The van der Waals surface area contributed by atoms with Crippen LogP contribution in [0.3, 0.4) is 0 Å². The molecule has 4 aromatic carbocycles. The van der Waals surface area contributed by atoms with E-state index in [1.165, 1.54) is 24.3 Å². The van der Waals surface area contributed by atoms with E-state index in [0.29, 0.717) is 63.6 Å². The number of sulfonamides is 2. The molecule has 4 aromatic rings. The first kappa shape index (κ1) is 31.0. The van der Waals surface area contributed by atoms with Crippen molar-refractivity contribution in [3.8, 4) is 5.75 Å². The van der Waals surface area contributed by atoms with Crippen LogP contribution in [0.1, 0.15) is 49.9 Å². The lowest BCUT2D eigenvalue weighted by Crippen LogP contribution is -2.19. The molecule has 0 unspecified atom stereocenters. The molecule has 0 atom stereocenters. The van der Waals surface area contributed by atoms with Crippen molar-refractivity contribution in [3.05, 3.63) is 86.9 Å². The van der Waals surface area contributed by atoms with Gasteiger partial charge in [0.1, 0.15) is 5.75 Å². The molecule has 0 bridgehead atoms. The summed E-state index contributed by atoms with van der Waals surface area (Å²) < 4.78 is 60.9. The molecule has 0 aliphatic carbocycles. The third-order valence-corrected chi connectivity index (χ3v) is 10.5. The second kappa shape index (κ2) is 12.1. The van der Waals surface area contributed by atoms with Gasteiger partial charge in [0.15, 0.2) is 0 Å². The molecule has 0 heterocycles. The minimum Gasteiger partial charge on any atom is -0.508 e. The van der Waals surface area contributed by atoms with Gasteiger partial charge in [-0.25, -0.2) is 16.8 Å². The van der Waals surface area contributed by atoms with Crippen LogP contribution < -0.4 is 9.44 Å². The predicted molar refractivity (Wildman–Crippen MR) is 168 cm³/mol. The smallest absolute Gasteiger partial charge is 0.262 e. The molecule has 0 radical (unpaired) electrons. The normalized spacial score (nSPS) is 12.0. The number of nitrogens with one attached hydrogen (secondary N) is 2. The molecule has 0 aliphatic rings. The Morgan fingerprint density at radius 1 is 0.659 bits per heavy atom. The molecule has 4 rings (SSSR count). The van der Waals surface area contributed by atoms with Gasteiger partial charge in [-0.1, -0.05) is 69.1 Å². The van der Waals surface area contributed by atoms with Gasteiger partial charge in [0.2, 0.25) is 0 Å². The Morgan fingerprint density at radius 2 is 1.17 bits per heavy atom. The zero-order valence-corrected chi connectivity index (χ0v) is 26.3. The molecule has 0 fully saturated rings. The predicted octanol–water partition coefficient (Wildman–Crippen LogP) is 7.70. The summed E-state index contributed by atoms with van der Waals surface area (Å²) in [4.78, 5) is -0.550. The maximum Gasteiger partial charge on any atom is 0.262 e. The van der Waals surface area contributed by atoms with Crippen molar-refractivity contribution in [1.82, 2.24) is 0 Å². The quantitative estimate of drug-likeness (QED) is 0.165. The van der Waals surface area contributed by atoms with Gasteiger partial charge in [-0.05, 0) is 89.7 Å². The highest BCUT2D eigenvalue weighted by Crippen LogP contribution is 2.36. The minimum absolute atomic E-state index is 0.159. The van der Waals surface area contributed by atoms with Crippen molar-refractivity contribution in [2.75, 3.05) is 9.44 Å². The van der Waals surface area contributed by atoms with Crippen LogP contribution >= 0.6 is 23.2 Å². The van der Waals surface area contributed by atoms with Crippen LogP contribution in [0.4, 0.5) is 11.4 Å². The van der Waals surface area contributed by atoms with Gasteiger partial charge in [-0.2, -0.15) is 0 Å². The zero-order valence-electron chi connectivity index (χ0n) is 23.2. The van der Waals surface area contributed by atoms with E-state index in [1.54, 1.807) is 24.3 Å². The van der Waals surface area contributed by atoms with Crippen LogP contribution in [-0.4, -0.2) is 21.9 Å². The first-order chi connectivity index (χ1) is 19.4. The molecule has 0 saturated heterocycles. The van der Waals surface area contributed by atoms with E-state index in [1.807, 2.05) is 27.7 Å². The molecule has 0 saturated carbocycles. The summed E-state index contributed by atoms with van der Waals surface area (Å²) in [5, 5.41) is 11.5. The Morgan fingerprint density at radius 3 is 1.66 bits per heavy atom. The lowest BCUT2D eigenvalue weighted by molar-refractivity contribution is 0.476. The molecular formula is C30H32Cl2N2O5S2. The number of hydrogen-bond donors (Lipinski definition) is 3. The Labute approximate surface area is 251 Å². The maximum atomic E-state index is 14.0. The number of fused-ring (bicyclic) bond motifs is 1. The van der Waals surface area contributed by atoms with Gasteiger partial charge in [-0.3, -0.25) is 9.44 Å². The van der Waals surface area contributed by atoms with E-state index in [9.17, 15) is 21.9 Å². The van der Waals surface area contributed by atoms with Crippen LogP contribution in [0.2, 0.25) is 10.0 Å². The molecule has 7 nitrogen and oxygen atoms in total. The summed E-state index contributed by atoms with van der Waals surface area (Å²) in [6.07, 6.45) is 2.07. The average Bonchev–Trinajstić information content (AvgIpc) is 2.92. The van der Waals surface area contributed by atoms with Gasteiger partial charge >= 0.3 is 0 Å². The topological polar surface area (TPSA) is 113 Å². The van der Waals surface area contributed by atoms with Crippen molar-refractivity contribution in [2.45, 2.75) is 63.2 Å². The fourth-order valence-electron chi connectivity index (χ4n) is 4.92. The van der Waals surface area contributed by atoms with Gasteiger partial charge in [0, 0.05) is 15.4 Å². The molecule has 3 N–H and O–H groups in total. The number of anilines is 2. The van der Waals surface area contributed by atoms with Crippen molar-refractivity contribution in [1.29, 1.82) is 0 Å². The number of benzene rings is 4. The number of phenols is 1. The van der Waals surface area contributed by atoms with Gasteiger partial charge in [-0.15, -0.1) is 0 Å². The van der Waals surface area contributed by atoms with Crippen molar-refractivity contribution in [3.63, 3.8) is 0 Å². The zero-order chi connectivity index (χ0) is 30.1. The summed E-state index contributed by atoms with van der Waals surface area (Å²) in [7, 11) is -8.63. The SMILES string of the molecule is CCc1ccc(Cl)c(CC)c1NS(=O)(=O)c1cc(S(=O)(=O)Nc2c(CC)ccc(Cl)c2CC)c2cc(O)ccc2c1. The highest BCUT2D eigenvalue weighted by Gasteiger charge is 2.27. The van der Waals surface area contributed by atoms with Crippen LogP contribution in [0.25, 0.3) is 10.8 Å². The number of phenolic OH excluding ortho intramolecular Hbond substituents is 1. The van der Waals surface area contributed by atoms with E-state index >= 15 is 0 Å². The third-order valence-electron chi connectivity index (χ3n) is 7.10. The standard InChI is InChI=1S/C30H32Cl2N2O5S2/c1-5-18-10-13-26(31)23(7-3)29(18)33-40(36,37)22-15-20-9-12-21(35)16-25(20)28(17-22)41(38,39)34-30-19(6-2)11-14-27(32)24(30)8-4/h9-17,33-35H,5-8H2,1-4H3. The number of aryl methyl sites for hydroxylation is 2. The number of hydrogen-bond acceptors (Lipinski definition) is 5. The van der Waals surface area contributed by atoms with Gasteiger partial charge < -0.3 is 5.11 Å². The molecular weight excluding hydrogens is 603 g/mol. The first-order valence-electron chi connectivity index (χ1n) is 13.3. The van der Waals surface area contributed by atoms with Crippen molar-refractivity contribution in [2.24, 2.45) is 0 Å². The van der Waals surface area contributed by atoms with E-state index in [0.717, 1.165) is 17.2 Å².